The topological polar surface area (TPSA) is 75.7 Å². The SMILES string of the molecule is CCOP(=O)(NN1CCCCCc2cccc(n2)CCNCC1)OCC. The summed E-state index contributed by atoms with van der Waals surface area (Å²) in [7, 11) is -3.29. The Hall–Kier alpha value is -0.820. The number of fused-ring (bicyclic) bond motifs is 2. The van der Waals surface area contributed by atoms with Gasteiger partial charge in [0.25, 0.3) is 0 Å². The monoisotopic (exact) mass is 384 g/mol. The van der Waals surface area contributed by atoms with E-state index in [9.17, 15) is 4.57 Å². The van der Waals surface area contributed by atoms with Crippen molar-refractivity contribution in [3.63, 3.8) is 0 Å². The lowest BCUT2D eigenvalue weighted by Gasteiger charge is -2.28. The van der Waals surface area contributed by atoms with Crippen molar-refractivity contribution in [2.45, 2.75) is 46.0 Å². The number of rotatable bonds is 6. The molecule has 1 aromatic rings. The minimum Gasteiger partial charge on any atom is -0.315 e. The summed E-state index contributed by atoms with van der Waals surface area (Å²) in [5, 5.41) is 8.42. The number of hydrazine groups is 1. The fraction of sp³-hybridized carbons (Fsp3) is 0.722. The number of nitrogens with zero attached hydrogens (tertiary/aromatic N) is 2. The van der Waals surface area contributed by atoms with Crippen molar-refractivity contribution in [2.24, 2.45) is 0 Å². The maximum Gasteiger partial charge on any atom is 0.419 e. The van der Waals surface area contributed by atoms with Crippen LogP contribution in [0.3, 0.4) is 0 Å². The maximum atomic E-state index is 12.7. The highest BCUT2D eigenvalue weighted by Crippen LogP contribution is 2.43. The molecule has 2 bridgehead atoms. The molecule has 2 heterocycles. The van der Waals surface area contributed by atoms with E-state index in [1.165, 1.54) is 5.69 Å². The molecule has 0 unspecified atom stereocenters. The Balaban J connectivity index is 1.93. The van der Waals surface area contributed by atoms with Gasteiger partial charge in [-0.25, -0.2) is 9.57 Å². The molecule has 7 nitrogen and oxygen atoms in total. The molecule has 0 amide bonds. The molecule has 0 saturated carbocycles. The smallest absolute Gasteiger partial charge is 0.315 e. The summed E-state index contributed by atoms with van der Waals surface area (Å²) in [6.45, 7) is 7.55. The van der Waals surface area contributed by atoms with Crippen LogP contribution in [-0.4, -0.2) is 49.4 Å². The Morgan fingerprint density at radius 1 is 1.08 bits per heavy atom. The molecule has 26 heavy (non-hydrogen) atoms. The second kappa shape index (κ2) is 11.8. The van der Waals surface area contributed by atoms with Crippen LogP contribution in [0.25, 0.3) is 0 Å². The van der Waals surface area contributed by atoms with Crippen molar-refractivity contribution in [3.05, 3.63) is 29.6 Å². The number of aromatic nitrogens is 1. The molecule has 0 aromatic carbocycles. The van der Waals surface area contributed by atoms with E-state index in [0.29, 0.717) is 13.2 Å². The lowest BCUT2D eigenvalue weighted by Crippen LogP contribution is -2.42. The molecule has 148 valence electrons. The second-order valence-electron chi connectivity index (χ2n) is 6.35. The third-order valence-corrected chi connectivity index (χ3v) is 5.93. The molecule has 0 radical (unpaired) electrons. The van der Waals surface area contributed by atoms with Gasteiger partial charge in [0.15, 0.2) is 0 Å². The van der Waals surface area contributed by atoms with Crippen molar-refractivity contribution >= 4 is 7.75 Å². The van der Waals surface area contributed by atoms with Crippen molar-refractivity contribution in [3.8, 4) is 0 Å². The summed E-state index contributed by atoms with van der Waals surface area (Å²) in [6.07, 6.45) is 5.15. The van der Waals surface area contributed by atoms with Crippen molar-refractivity contribution < 1.29 is 13.6 Å². The molecule has 2 rings (SSSR count). The van der Waals surface area contributed by atoms with Gasteiger partial charge in [-0.3, -0.25) is 14.0 Å². The summed E-state index contributed by atoms with van der Waals surface area (Å²) in [4.78, 5) is 4.73. The normalized spacial score (nSPS) is 18.4. The van der Waals surface area contributed by atoms with Gasteiger partial charge in [0.1, 0.15) is 0 Å². The van der Waals surface area contributed by atoms with Gasteiger partial charge in [-0.15, -0.1) is 0 Å². The van der Waals surface area contributed by atoms with Gasteiger partial charge in [-0.1, -0.05) is 12.5 Å². The molecule has 0 atom stereocenters. The predicted molar refractivity (Wildman–Crippen MR) is 104 cm³/mol. The first-order valence-corrected chi connectivity index (χ1v) is 11.3. The summed E-state index contributed by atoms with van der Waals surface area (Å²) in [5.41, 5.74) is 2.31. The molecule has 1 aliphatic heterocycles. The average Bonchev–Trinajstić information content (AvgIpc) is 2.61. The van der Waals surface area contributed by atoms with Gasteiger partial charge in [0.2, 0.25) is 0 Å². The van der Waals surface area contributed by atoms with E-state index in [0.717, 1.165) is 64.0 Å². The van der Waals surface area contributed by atoms with E-state index in [1.54, 1.807) is 0 Å². The van der Waals surface area contributed by atoms with Crippen molar-refractivity contribution in [1.82, 2.24) is 20.5 Å². The zero-order chi connectivity index (χ0) is 18.7. The molecule has 2 N–H and O–H groups in total. The number of hydrogen-bond donors (Lipinski definition) is 2. The van der Waals surface area contributed by atoms with E-state index in [1.807, 2.05) is 18.9 Å². The first-order valence-electron chi connectivity index (χ1n) is 9.72. The first-order chi connectivity index (χ1) is 12.6. The highest BCUT2D eigenvalue weighted by molar-refractivity contribution is 7.51. The molecular formula is C18H33N4O3P. The predicted octanol–water partition coefficient (Wildman–Crippen LogP) is 2.93. The molecule has 0 aliphatic carbocycles. The third kappa shape index (κ3) is 7.82. The fourth-order valence-corrected chi connectivity index (χ4v) is 4.38. The second-order valence-corrected chi connectivity index (χ2v) is 8.06. The Morgan fingerprint density at radius 3 is 2.54 bits per heavy atom. The number of pyridine rings is 1. The van der Waals surface area contributed by atoms with Crippen LogP contribution in [0.2, 0.25) is 0 Å². The number of aryl methyl sites for hydroxylation is 1. The number of hydrogen-bond acceptors (Lipinski definition) is 6. The zero-order valence-electron chi connectivity index (χ0n) is 16.1. The van der Waals surface area contributed by atoms with Crippen LogP contribution in [0.4, 0.5) is 0 Å². The maximum absolute atomic E-state index is 12.7. The number of nitrogens with one attached hydrogen (secondary N) is 2. The van der Waals surface area contributed by atoms with Gasteiger partial charge in [0.05, 0.1) is 13.2 Å². The van der Waals surface area contributed by atoms with E-state index < -0.39 is 7.75 Å². The van der Waals surface area contributed by atoms with E-state index >= 15 is 0 Å². The highest BCUT2D eigenvalue weighted by atomic mass is 31.2. The average molecular weight is 384 g/mol. The highest BCUT2D eigenvalue weighted by Gasteiger charge is 2.26. The Bertz CT molecular complexity index is 534. The van der Waals surface area contributed by atoms with Crippen LogP contribution in [0, 0.1) is 0 Å². The summed E-state index contributed by atoms with van der Waals surface area (Å²) in [6, 6.07) is 6.30. The molecule has 1 aromatic heterocycles. The molecule has 8 heteroatoms. The molecule has 0 fully saturated rings. The van der Waals surface area contributed by atoms with Crippen LogP contribution in [0.5, 0.6) is 0 Å². The zero-order valence-corrected chi connectivity index (χ0v) is 17.0. The van der Waals surface area contributed by atoms with Crippen LogP contribution in [0.1, 0.15) is 44.5 Å². The lowest BCUT2D eigenvalue weighted by atomic mass is 10.1. The van der Waals surface area contributed by atoms with Crippen LogP contribution in [0.15, 0.2) is 18.2 Å². The molecule has 1 aliphatic rings. The van der Waals surface area contributed by atoms with Crippen molar-refractivity contribution in [1.29, 1.82) is 0 Å². The van der Waals surface area contributed by atoms with Crippen LogP contribution in [-0.2, 0) is 26.5 Å². The lowest BCUT2D eigenvalue weighted by molar-refractivity contribution is 0.154. The Labute approximate surface area is 157 Å². The Morgan fingerprint density at radius 2 is 1.81 bits per heavy atom. The quantitative estimate of drug-likeness (QED) is 0.731. The minimum absolute atomic E-state index is 0.348. The third-order valence-electron chi connectivity index (χ3n) is 4.20. The van der Waals surface area contributed by atoms with Crippen LogP contribution < -0.4 is 10.5 Å². The Kier molecular flexibility index (Phi) is 9.75. The van der Waals surface area contributed by atoms with Gasteiger partial charge in [0, 0.05) is 44.0 Å². The standard InChI is InChI=1S/C18H33N4O3P/c1-3-24-26(23,25-4-2)21-22-15-7-5-6-9-17-10-8-11-18(20-17)12-13-19-14-16-22/h8,10-11,19H,3-7,9,12-16H2,1-2H3,(H,21,23). The fourth-order valence-electron chi connectivity index (χ4n) is 2.97. The summed E-state index contributed by atoms with van der Waals surface area (Å²) >= 11 is 0. The van der Waals surface area contributed by atoms with Crippen LogP contribution >= 0.6 is 7.75 Å². The van der Waals surface area contributed by atoms with Gasteiger partial charge in [-0.2, -0.15) is 5.20 Å². The van der Waals surface area contributed by atoms with E-state index in [2.05, 4.69) is 28.7 Å². The van der Waals surface area contributed by atoms with Crippen molar-refractivity contribution in [2.75, 3.05) is 39.4 Å². The molecular weight excluding hydrogens is 351 g/mol. The van der Waals surface area contributed by atoms with E-state index in [-0.39, 0.29) is 0 Å². The largest absolute Gasteiger partial charge is 0.419 e. The van der Waals surface area contributed by atoms with E-state index in [4.69, 9.17) is 14.0 Å². The molecule has 0 spiro atoms. The first kappa shape index (κ1) is 21.5. The van der Waals surface area contributed by atoms with Gasteiger partial charge < -0.3 is 5.32 Å². The minimum atomic E-state index is -3.29. The van der Waals surface area contributed by atoms with Gasteiger partial charge in [-0.05, 0) is 45.2 Å². The van der Waals surface area contributed by atoms with Gasteiger partial charge >= 0.3 is 7.75 Å². The molecule has 0 saturated heterocycles. The summed E-state index contributed by atoms with van der Waals surface area (Å²) < 4.78 is 23.5. The summed E-state index contributed by atoms with van der Waals surface area (Å²) in [5.74, 6) is 0.